The smallest absolute Gasteiger partial charge is 0.278 e. The van der Waals surface area contributed by atoms with Gasteiger partial charge in [-0.1, -0.05) is 0 Å². The Labute approximate surface area is 170 Å². The maximum atomic E-state index is 12.6. The van der Waals surface area contributed by atoms with Crippen molar-refractivity contribution in [2.75, 3.05) is 18.2 Å². The number of carbonyl (C=O) groups is 1. The molecule has 0 aromatic carbocycles. The van der Waals surface area contributed by atoms with Crippen LogP contribution in [0.4, 0.5) is 10.2 Å². The zero-order chi connectivity index (χ0) is 21.1. The molecule has 4 rings (SSSR count). The molecule has 0 radical (unpaired) electrons. The molecular formula is C20H18FN5O4. The monoisotopic (exact) mass is 411 g/mol. The second-order valence-corrected chi connectivity index (χ2v) is 6.53. The van der Waals surface area contributed by atoms with Crippen LogP contribution in [0.5, 0.6) is 11.5 Å². The number of amides is 1. The number of fused-ring (bicyclic) bond motifs is 1. The van der Waals surface area contributed by atoms with Gasteiger partial charge >= 0.3 is 0 Å². The van der Waals surface area contributed by atoms with Gasteiger partial charge in [0.1, 0.15) is 37.1 Å². The summed E-state index contributed by atoms with van der Waals surface area (Å²) in [5.74, 6) is 1.08. The van der Waals surface area contributed by atoms with Crippen molar-refractivity contribution in [2.45, 2.75) is 13.2 Å². The molecule has 9 nitrogen and oxygen atoms in total. The largest absolute Gasteiger partial charge is 0.489 e. The fourth-order valence-corrected chi connectivity index (χ4v) is 2.96. The zero-order valence-corrected chi connectivity index (χ0v) is 16.1. The molecular weight excluding hydrogens is 393 g/mol. The summed E-state index contributed by atoms with van der Waals surface area (Å²) >= 11 is 0. The number of aryl methyl sites for hydroxylation is 1. The van der Waals surface area contributed by atoms with Gasteiger partial charge in [-0.15, -0.1) is 0 Å². The molecule has 154 valence electrons. The summed E-state index contributed by atoms with van der Waals surface area (Å²) in [6.45, 7) is -0.0935. The Morgan fingerprint density at radius 3 is 2.63 bits per heavy atom. The first-order valence-electron chi connectivity index (χ1n) is 9.17. The van der Waals surface area contributed by atoms with Crippen molar-refractivity contribution in [2.24, 2.45) is 7.05 Å². The predicted molar refractivity (Wildman–Crippen MR) is 104 cm³/mol. The van der Waals surface area contributed by atoms with E-state index in [1.807, 2.05) is 0 Å². The molecule has 4 heterocycles. The average Bonchev–Trinajstić information content (AvgIpc) is 3.09. The van der Waals surface area contributed by atoms with Crippen LogP contribution in [0.3, 0.4) is 0 Å². The Bertz CT molecular complexity index is 1130. The summed E-state index contributed by atoms with van der Waals surface area (Å²) in [5, 5.41) is 4.12. The molecule has 0 fully saturated rings. The number of carbonyl (C=O) groups excluding carboxylic acids is 1. The van der Waals surface area contributed by atoms with Crippen molar-refractivity contribution in [1.82, 2.24) is 19.7 Å². The van der Waals surface area contributed by atoms with E-state index in [0.717, 1.165) is 0 Å². The molecule has 0 aliphatic carbocycles. The lowest BCUT2D eigenvalue weighted by atomic mass is 10.2. The lowest BCUT2D eigenvalue weighted by molar-refractivity contribution is 0.0991. The van der Waals surface area contributed by atoms with Crippen LogP contribution in [0.1, 0.15) is 21.7 Å². The minimum Gasteiger partial charge on any atom is -0.489 e. The standard InChI is InChI=1S/C20H18FN5O4/c1-25-18(27)5-4-17(24-25)26-11-13-8-16(10-23-19(13)20(26)28)30-12-14-2-3-15(9-22-14)29-7-6-21/h2-5,8-10H,6-7,11-12H2,1H3. The van der Waals surface area contributed by atoms with Crippen molar-refractivity contribution >= 4 is 11.7 Å². The van der Waals surface area contributed by atoms with Gasteiger partial charge in [0, 0.05) is 18.7 Å². The molecule has 1 amide bonds. The van der Waals surface area contributed by atoms with Gasteiger partial charge in [-0.25, -0.2) is 14.1 Å². The van der Waals surface area contributed by atoms with Crippen LogP contribution in [-0.2, 0) is 20.2 Å². The lowest BCUT2D eigenvalue weighted by Gasteiger charge is -2.14. The predicted octanol–water partition coefficient (Wildman–Crippen LogP) is 1.66. The van der Waals surface area contributed by atoms with Gasteiger partial charge in [-0.2, -0.15) is 5.10 Å². The van der Waals surface area contributed by atoms with Gasteiger partial charge < -0.3 is 9.47 Å². The number of ether oxygens (including phenoxy) is 2. The van der Waals surface area contributed by atoms with Crippen molar-refractivity contribution in [3.8, 4) is 11.5 Å². The van der Waals surface area contributed by atoms with Crippen LogP contribution < -0.4 is 19.9 Å². The molecule has 30 heavy (non-hydrogen) atoms. The van der Waals surface area contributed by atoms with Crippen molar-refractivity contribution < 1.29 is 18.7 Å². The summed E-state index contributed by atoms with van der Waals surface area (Å²) in [6.07, 6.45) is 2.99. The van der Waals surface area contributed by atoms with Crippen LogP contribution in [0.2, 0.25) is 0 Å². The van der Waals surface area contributed by atoms with E-state index in [1.54, 1.807) is 18.2 Å². The molecule has 0 atom stereocenters. The fourth-order valence-electron chi connectivity index (χ4n) is 2.96. The van der Waals surface area contributed by atoms with E-state index in [2.05, 4.69) is 15.1 Å². The van der Waals surface area contributed by atoms with Crippen molar-refractivity contribution in [3.63, 3.8) is 0 Å². The fraction of sp³-hybridized carbons (Fsp3) is 0.250. The highest BCUT2D eigenvalue weighted by Crippen LogP contribution is 2.28. The molecule has 0 N–H and O–H groups in total. The molecule has 3 aromatic heterocycles. The number of alkyl halides is 1. The molecule has 3 aromatic rings. The van der Waals surface area contributed by atoms with E-state index in [0.29, 0.717) is 34.3 Å². The summed E-state index contributed by atoms with van der Waals surface area (Å²) in [4.78, 5) is 34.1. The Morgan fingerprint density at radius 2 is 1.90 bits per heavy atom. The van der Waals surface area contributed by atoms with Crippen molar-refractivity contribution in [1.29, 1.82) is 0 Å². The first-order chi connectivity index (χ1) is 14.5. The van der Waals surface area contributed by atoms with Gasteiger partial charge in [0.2, 0.25) is 0 Å². The third-order valence-corrected chi connectivity index (χ3v) is 4.47. The molecule has 0 saturated heterocycles. The molecule has 0 spiro atoms. The van der Waals surface area contributed by atoms with E-state index in [4.69, 9.17) is 9.47 Å². The van der Waals surface area contributed by atoms with Gasteiger partial charge in [0.15, 0.2) is 5.82 Å². The molecule has 1 aliphatic rings. The number of pyridine rings is 2. The zero-order valence-electron chi connectivity index (χ0n) is 16.1. The highest BCUT2D eigenvalue weighted by atomic mass is 19.1. The van der Waals surface area contributed by atoms with Crippen LogP contribution >= 0.6 is 0 Å². The van der Waals surface area contributed by atoms with Gasteiger partial charge in [0.25, 0.3) is 11.5 Å². The van der Waals surface area contributed by atoms with Crippen LogP contribution in [0.25, 0.3) is 0 Å². The third kappa shape index (κ3) is 3.97. The van der Waals surface area contributed by atoms with Crippen LogP contribution in [-0.4, -0.2) is 38.9 Å². The highest BCUT2D eigenvalue weighted by molar-refractivity contribution is 6.08. The summed E-state index contributed by atoms with van der Waals surface area (Å²) < 4.78 is 24.2. The molecule has 0 saturated carbocycles. The molecule has 10 heteroatoms. The van der Waals surface area contributed by atoms with Gasteiger partial charge in [-0.05, 0) is 24.3 Å². The second-order valence-electron chi connectivity index (χ2n) is 6.53. The Hall–Kier alpha value is -3.82. The first-order valence-corrected chi connectivity index (χ1v) is 9.17. The van der Waals surface area contributed by atoms with Gasteiger partial charge in [-0.3, -0.25) is 19.5 Å². The van der Waals surface area contributed by atoms with E-state index in [-0.39, 0.29) is 31.2 Å². The number of hydrogen-bond acceptors (Lipinski definition) is 7. The minimum atomic E-state index is -0.561. The number of anilines is 1. The first kappa shape index (κ1) is 19.5. The lowest BCUT2D eigenvalue weighted by Crippen LogP contribution is -2.28. The number of rotatable bonds is 7. The maximum Gasteiger partial charge on any atom is 0.278 e. The van der Waals surface area contributed by atoms with E-state index in [1.165, 1.54) is 41.2 Å². The number of aromatic nitrogens is 4. The highest BCUT2D eigenvalue weighted by Gasteiger charge is 2.31. The minimum absolute atomic E-state index is 0.0110. The van der Waals surface area contributed by atoms with Gasteiger partial charge in [0.05, 0.1) is 24.6 Å². The second kappa shape index (κ2) is 8.27. The number of nitrogens with zero attached hydrogens (tertiary/aromatic N) is 5. The van der Waals surface area contributed by atoms with Crippen LogP contribution in [0.15, 0.2) is 47.5 Å². The number of hydrogen-bond donors (Lipinski definition) is 0. The van der Waals surface area contributed by atoms with E-state index in [9.17, 15) is 14.0 Å². The normalized spacial score (nSPS) is 12.7. The topological polar surface area (TPSA) is 99.4 Å². The van der Waals surface area contributed by atoms with Crippen LogP contribution in [0, 0.1) is 0 Å². The third-order valence-electron chi connectivity index (χ3n) is 4.47. The molecule has 0 bridgehead atoms. The summed E-state index contributed by atoms with van der Waals surface area (Å²) in [6, 6.07) is 8.04. The SMILES string of the molecule is Cn1nc(N2Cc3cc(OCc4ccc(OCCF)cn4)cnc3C2=O)ccc1=O. The molecule has 1 aliphatic heterocycles. The van der Waals surface area contributed by atoms with E-state index < -0.39 is 6.67 Å². The molecule has 0 unspecified atom stereocenters. The number of halogens is 1. The van der Waals surface area contributed by atoms with Crippen molar-refractivity contribution in [3.05, 3.63) is 70.0 Å². The van der Waals surface area contributed by atoms with E-state index >= 15 is 0 Å². The average molecular weight is 411 g/mol. The summed E-state index contributed by atoms with van der Waals surface area (Å²) in [5.41, 5.74) is 1.43. The quantitative estimate of drug-likeness (QED) is 0.583. The Balaban J connectivity index is 1.43. The summed E-state index contributed by atoms with van der Waals surface area (Å²) in [7, 11) is 1.53. The maximum absolute atomic E-state index is 12.6. The Morgan fingerprint density at radius 1 is 1.07 bits per heavy atom. The Kier molecular flexibility index (Phi) is 5.38.